The van der Waals surface area contributed by atoms with Gasteiger partial charge >= 0.3 is 0 Å². The molecule has 1 aromatic carbocycles. The highest BCUT2D eigenvalue weighted by molar-refractivity contribution is 5.83. The van der Waals surface area contributed by atoms with Crippen molar-refractivity contribution in [3.05, 3.63) is 60.3 Å². The first kappa shape index (κ1) is 20.5. The van der Waals surface area contributed by atoms with Gasteiger partial charge in [0.15, 0.2) is 0 Å². The highest BCUT2D eigenvalue weighted by atomic mass is 16.5. The van der Waals surface area contributed by atoms with Gasteiger partial charge in [-0.1, -0.05) is 12.1 Å². The van der Waals surface area contributed by atoms with Gasteiger partial charge in [-0.3, -0.25) is 15.1 Å². The van der Waals surface area contributed by atoms with E-state index in [0.717, 1.165) is 63.7 Å². The van der Waals surface area contributed by atoms with Crippen molar-refractivity contribution in [1.29, 1.82) is 0 Å². The number of morpholine rings is 2. The fourth-order valence-electron chi connectivity index (χ4n) is 4.55. The summed E-state index contributed by atoms with van der Waals surface area (Å²) in [5.74, 6) is 0. The van der Waals surface area contributed by atoms with Crippen LogP contribution in [0.2, 0.25) is 0 Å². The first-order valence-electron chi connectivity index (χ1n) is 11.1. The number of nitrogens with one attached hydrogen (secondary N) is 2. The maximum Gasteiger partial charge on any atom is 0.115 e. The summed E-state index contributed by atoms with van der Waals surface area (Å²) in [6.45, 7) is 7.91. The van der Waals surface area contributed by atoms with E-state index in [-0.39, 0.29) is 12.3 Å². The van der Waals surface area contributed by atoms with Gasteiger partial charge in [0, 0.05) is 62.6 Å². The molecule has 0 amide bonds. The summed E-state index contributed by atoms with van der Waals surface area (Å²) in [7, 11) is 0. The van der Waals surface area contributed by atoms with Crippen LogP contribution < -0.4 is 5.32 Å². The number of aromatic amines is 1. The maximum atomic E-state index is 6.22. The zero-order valence-electron chi connectivity index (χ0n) is 17.7. The zero-order chi connectivity index (χ0) is 20.9. The van der Waals surface area contributed by atoms with Gasteiger partial charge in [-0.15, -0.1) is 0 Å². The number of hydrogen-bond acceptors (Lipinski definition) is 7. The van der Waals surface area contributed by atoms with E-state index in [1.807, 2.05) is 18.5 Å². The second kappa shape index (κ2) is 9.84. The summed E-state index contributed by atoms with van der Waals surface area (Å²) in [5.41, 5.74) is 3.38. The van der Waals surface area contributed by atoms with Crippen LogP contribution in [0.1, 0.15) is 23.5 Å². The van der Waals surface area contributed by atoms with Crippen molar-refractivity contribution in [2.24, 2.45) is 0 Å². The third kappa shape index (κ3) is 4.78. The Kier molecular flexibility index (Phi) is 6.52. The van der Waals surface area contributed by atoms with E-state index >= 15 is 0 Å². The highest BCUT2D eigenvalue weighted by Crippen LogP contribution is 2.31. The van der Waals surface area contributed by atoms with Crippen molar-refractivity contribution >= 4 is 10.9 Å². The Morgan fingerprint density at radius 1 is 1.13 bits per heavy atom. The molecule has 0 saturated carbocycles. The number of rotatable bonds is 7. The van der Waals surface area contributed by atoms with E-state index in [9.17, 15) is 0 Å². The van der Waals surface area contributed by atoms with Gasteiger partial charge in [-0.25, -0.2) is 9.97 Å². The van der Waals surface area contributed by atoms with Crippen LogP contribution in [0.15, 0.2) is 49.1 Å². The second-order valence-corrected chi connectivity index (χ2v) is 8.09. The molecule has 0 radical (unpaired) electrons. The monoisotopic (exact) mass is 422 g/mol. The molecule has 2 fully saturated rings. The first-order chi connectivity index (χ1) is 15.4. The van der Waals surface area contributed by atoms with Gasteiger partial charge in [0.2, 0.25) is 0 Å². The van der Waals surface area contributed by atoms with Gasteiger partial charge < -0.3 is 14.5 Å². The average molecular weight is 423 g/mol. The highest BCUT2D eigenvalue weighted by Gasteiger charge is 2.30. The summed E-state index contributed by atoms with van der Waals surface area (Å²) in [6.07, 6.45) is 5.49. The molecule has 3 aromatic rings. The van der Waals surface area contributed by atoms with Crippen molar-refractivity contribution in [2.75, 3.05) is 59.1 Å². The van der Waals surface area contributed by atoms with Crippen molar-refractivity contribution in [1.82, 2.24) is 30.1 Å². The summed E-state index contributed by atoms with van der Waals surface area (Å²) >= 11 is 0. The smallest absolute Gasteiger partial charge is 0.115 e. The predicted molar refractivity (Wildman–Crippen MR) is 119 cm³/mol. The van der Waals surface area contributed by atoms with Crippen LogP contribution in [0, 0.1) is 0 Å². The van der Waals surface area contributed by atoms with E-state index in [1.165, 1.54) is 10.9 Å². The number of fused-ring (bicyclic) bond motifs is 1. The van der Waals surface area contributed by atoms with E-state index in [2.05, 4.69) is 54.3 Å². The van der Waals surface area contributed by atoms with Gasteiger partial charge in [-0.05, 0) is 23.8 Å². The van der Waals surface area contributed by atoms with Crippen LogP contribution in [0.3, 0.4) is 0 Å². The van der Waals surface area contributed by atoms with Gasteiger partial charge in [0.25, 0.3) is 0 Å². The maximum absolute atomic E-state index is 6.22. The van der Waals surface area contributed by atoms with Gasteiger partial charge in [0.05, 0.1) is 31.6 Å². The van der Waals surface area contributed by atoms with E-state index in [0.29, 0.717) is 6.61 Å². The van der Waals surface area contributed by atoms with E-state index < -0.39 is 0 Å². The van der Waals surface area contributed by atoms with Crippen LogP contribution >= 0.6 is 0 Å². The standard InChI is InChI=1S/C23H30N6O2/c1-2-19(18-4-7-25-20(18)3-1)22-16-29(12-15-31-22)23(21-5-6-24-17-27-21)26-8-9-28-10-13-30-14-11-28/h1-7,17,22-23,25-26H,8-16H2. The van der Waals surface area contributed by atoms with Crippen LogP contribution in [0.4, 0.5) is 0 Å². The molecule has 2 N–H and O–H groups in total. The average Bonchev–Trinajstić information content (AvgIpc) is 3.32. The molecule has 2 unspecified atom stereocenters. The third-order valence-electron chi connectivity index (χ3n) is 6.19. The predicted octanol–water partition coefficient (Wildman–Crippen LogP) is 1.95. The number of ether oxygens (including phenoxy) is 2. The molecule has 4 heterocycles. The van der Waals surface area contributed by atoms with Crippen molar-refractivity contribution in [3.63, 3.8) is 0 Å². The number of benzene rings is 1. The van der Waals surface area contributed by atoms with Crippen molar-refractivity contribution in [2.45, 2.75) is 12.3 Å². The lowest BCUT2D eigenvalue weighted by atomic mass is 10.0. The Morgan fingerprint density at radius 3 is 2.94 bits per heavy atom. The first-order valence-corrected chi connectivity index (χ1v) is 11.1. The van der Waals surface area contributed by atoms with Gasteiger partial charge in [0.1, 0.15) is 12.5 Å². The molecule has 2 aliphatic rings. The lowest BCUT2D eigenvalue weighted by Crippen LogP contribution is -2.48. The largest absolute Gasteiger partial charge is 0.379 e. The zero-order valence-corrected chi connectivity index (χ0v) is 17.7. The molecule has 5 rings (SSSR count). The Bertz CT molecular complexity index is 959. The molecule has 164 valence electrons. The Balaban J connectivity index is 1.31. The second-order valence-electron chi connectivity index (χ2n) is 8.09. The number of aromatic nitrogens is 3. The third-order valence-corrected chi connectivity index (χ3v) is 6.19. The molecule has 2 saturated heterocycles. The fraction of sp³-hybridized carbons (Fsp3) is 0.478. The lowest BCUT2D eigenvalue weighted by Gasteiger charge is -2.39. The van der Waals surface area contributed by atoms with E-state index in [4.69, 9.17) is 9.47 Å². The van der Waals surface area contributed by atoms with E-state index in [1.54, 1.807) is 6.33 Å². The topological polar surface area (TPSA) is 78.5 Å². The Labute approximate surface area is 182 Å². The molecule has 0 spiro atoms. The summed E-state index contributed by atoms with van der Waals surface area (Å²) in [5, 5.41) is 4.98. The summed E-state index contributed by atoms with van der Waals surface area (Å²) in [4.78, 5) is 16.9. The molecule has 2 aromatic heterocycles. The van der Waals surface area contributed by atoms with Crippen LogP contribution in [-0.4, -0.2) is 83.8 Å². The molecule has 8 heteroatoms. The normalized spacial score (nSPS) is 22.0. The molecule has 2 aliphatic heterocycles. The fourth-order valence-corrected chi connectivity index (χ4v) is 4.55. The van der Waals surface area contributed by atoms with Crippen LogP contribution in [-0.2, 0) is 9.47 Å². The Morgan fingerprint density at radius 2 is 2.06 bits per heavy atom. The number of H-pyrrole nitrogens is 1. The Hall–Kier alpha value is -2.36. The summed E-state index contributed by atoms with van der Waals surface area (Å²) < 4.78 is 11.7. The SMILES string of the molecule is c1cc(C2CN(C(NCCN3CCOCC3)c3ccncn3)CCO2)c2cc[nH]c2c1. The minimum absolute atomic E-state index is 0.0265. The van der Waals surface area contributed by atoms with Crippen LogP contribution in [0.5, 0.6) is 0 Å². The lowest BCUT2D eigenvalue weighted by molar-refractivity contribution is -0.0514. The molecular formula is C23H30N6O2. The quantitative estimate of drug-likeness (QED) is 0.603. The molecule has 0 aliphatic carbocycles. The minimum atomic E-state index is 0.0265. The molecular weight excluding hydrogens is 392 g/mol. The van der Waals surface area contributed by atoms with Crippen molar-refractivity contribution < 1.29 is 9.47 Å². The van der Waals surface area contributed by atoms with Gasteiger partial charge in [-0.2, -0.15) is 0 Å². The van der Waals surface area contributed by atoms with Crippen LogP contribution in [0.25, 0.3) is 10.9 Å². The summed E-state index contributed by atoms with van der Waals surface area (Å²) in [6, 6.07) is 10.5. The molecule has 0 bridgehead atoms. The molecule has 31 heavy (non-hydrogen) atoms. The molecule has 2 atom stereocenters. The number of hydrogen-bond donors (Lipinski definition) is 2. The molecule has 8 nitrogen and oxygen atoms in total. The minimum Gasteiger partial charge on any atom is -0.379 e. The number of nitrogens with zero attached hydrogens (tertiary/aromatic N) is 4. The van der Waals surface area contributed by atoms with Crippen molar-refractivity contribution in [3.8, 4) is 0 Å².